The van der Waals surface area contributed by atoms with Gasteiger partial charge < -0.3 is 33.5 Å². The van der Waals surface area contributed by atoms with Crippen LogP contribution in [0.5, 0.6) is 23.0 Å². The minimum Gasteiger partial charge on any atom is -0.497 e. The third kappa shape index (κ3) is 6.53. The third-order valence-electron chi connectivity index (χ3n) is 8.72. The summed E-state index contributed by atoms with van der Waals surface area (Å²) in [6.07, 6.45) is 0.187. The highest BCUT2D eigenvalue weighted by Gasteiger charge is 2.47. The summed E-state index contributed by atoms with van der Waals surface area (Å²) in [7, 11) is 7.85. The fourth-order valence-electron chi connectivity index (χ4n) is 6.22. The van der Waals surface area contributed by atoms with E-state index in [1.165, 1.54) is 7.11 Å². The molecule has 0 aliphatic carbocycles. The molecule has 242 valence electrons. The smallest absolute Gasteiger partial charge is 0.323 e. The minimum atomic E-state index is -1.26. The molecule has 0 amide bonds. The molecule has 1 aliphatic rings. The number of benzene rings is 4. The van der Waals surface area contributed by atoms with Crippen molar-refractivity contribution >= 4 is 5.97 Å². The second-order valence-electron chi connectivity index (χ2n) is 11.2. The molecule has 0 bridgehead atoms. The first-order valence-corrected chi connectivity index (χ1v) is 15.1. The largest absolute Gasteiger partial charge is 0.497 e. The van der Waals surface area contributed by atoms with Gasteiger partial charge in [-0.25, -0.2) is 0 Å². The van der Waals surface area contributed by atoms with Crippen molar-refractivity contribution in [2.75, 3.05) is 55.2 Å². The summed E-state index contributed by atoms with van der Waals surface area (Å²) >= 11 is 0. The van der Waals surface area contributed by atoms with E-state index in [-0.39, 0.29) is 19.6 Å². The highest BCUT2D eigenvalue weighted by atomic mass is 16.5. The van der Waals surface area contributed by atoms with Gasteiger partial charge in [0.1, 0.15) is 40.2 Å². The van der Waals surface area contributed by atoms with Crippen LogP contribution in [0.25, 0.3) is 0 Å². The van der Waals surface area contributed by atoms with Crippen LogP contribution in [0, 0.1) is 0 Å². The second kappa shape index (κ2) is 14.2. The maximum absolute atomic E-state index is 13.0. The van der Waals surface area contributed by atoms with E-state index in [1.807, 2.05) is 89.8 Å². The summed E-state index contributed by atoms with van der Waals surface area (Å²) in [5, 5.41) is 11.8. The number of methoxy groups -OCH3 is 5. The number of β-amino-alcohol motifs (C(OH)–C–C–N with tert-alkyl or cyclic N) is 1. The van der Waals surface area contributed by atoms with Crippen molar-refractivity contribution in [1.29, 1.82) is 0 Å². The Kier molecular flexibility index (Phi) is 10.2. The van der Waals surface area contributed by atoms with Crippen LogP contribution < -0.4 is 18.9 Å². The molecule has 46 heavy (non-hydrogen) atoms. The first-order chi connectivity index (χ1) is 22.3. The Morgan fingerprint density at radius 2 is 1.09 bits per heavy atom. The Labute approximate surface area is 270 Å². The first kappa shape index (κ1) is 32.8. The van der Waals surface area contributed by atoms with Crippen molar-refractivity contribution < 1.29 is 38.3 Å². The molecule has 5 rings (SSSR count). The maximum atomic E-state index is 13.0. The van der Waals surface area contributed by atoms with Gasteiger partial charge in [0.15, 0.2) is 0 Å². The SMILES string of the molecule is COC(=O)[C@@H]1C[C@](O)(c2ccc(OC)cc2)CN1CCOC(c1ccc(OC)cc1)(c1ccc(OC)cc1)c1ccc(OC)cc1. The Balaban J connectivity index is 1.52. The molecular formula is C37H41NO8. The maximum Gasteiger partial charge on any atom is 0.323 e. The van der Waals surface area contributed by atoms with E-state index >= 15 is 0 Å². The molecule has 0 saturated carbocycles. The number of aliphatic hydroxyl groups is 1. The average Bonchev–Trinajstić information content (AvgIpc) is 3.47. The molecule has 4 aromatic rings. The molecule has 0 aromatic heterocycles. The van der Waals surface area contributed by atoms with Crippen molar-refractivity contribution in [3.05, 3.63) is 119 Å². The lowest BCUT2D eigenvalue weighted by molar-refractivity contribution is -0.146. The molecule has 0 radical (unpaired) electrons. The van der Waals surface area contributed by atoms with E-state index in [1.54, 1.807) is 40.6 Å². The van der Waals surface area contributed by atoms with Crippen molar-refractivity contribution in [1.82, 2.24) is 4.90 Å². The molecule has 1 saturated heterocycles. The summed E-state index contributed by atoms with van der Waals surface area (Å²) in [6.45, 7) is 0.793. The number of ether oxygens (including phenoxy) is 6. The van der Waals surface area contributed by atoms with Crippen LogP contribution in [0.3, 0.4) is 0 Å². The van der Waals surface area contributed by atoms with Gasteiger partial charge in [0.05, 0.1) is 42.2 Å². The van der Waals surface area contributed by atoms with Gasteiger partial charge in [0.2, 0.25) is 0 Å². The second-order valence-corrected chi connectivity index (χ2v) is 11.2. The number of carbonyl (C=O) groups is 1. The first-order valence-electron chi connectivity index (χ1n) is 15.1. The van der Waals surface area contributed by atoms with E-state index in [4.69, 9.17) is 28.4 Å². The summed E-state index contributed by atoms with van der Waals surface area (Å²) < 4.78 is 33.9. The van der Waals surface area contributed by atoms with Crippen molar-refractivity contribution in [3.8, 4) is 23.0 Å². The minimum absolute atomic E-state index is 0.187. The lowest BCUT2D eigenvalue weighted by atomic mass is 9.80. The highest BCUT2D eigenvalue weighted by Crippen LogP contribution is 2.43. The Bertz CT molecular complexity index is 1460. The summed E-state index contributed by atoms with van der Waals surface area (Å²) in [6, 6.07) is 30.0. The number of rotatable bonds is 13. The Morgan fingerprint density at radius 3 is 1.46 bits per heavy atom. The molecule has 9 nitrogen and oxygen atoms in total. The molecule has 0 spiro atoms. The molecule has 1 fully saturated rings. The topological polar surface area (TPSA) is 95.9 Å². The van der Waals surface area contributed by atoms with Gasteiger partial charge in [-0.2, -0.15) is 0 Å². The van der Waals surface area contributed by atoms with Crippen LogP contribution in [0.15, 0.2) is 97.1 Å². The molecular weight excluding hydrogens is 586 g/mol. The van der Waals surface area contributed by atoms with Crippen molar-refractivity contribution in [2.24, 2.45) is 0 Å². The molecule has 1 N–H and O–H groups in total. The predicted molar refractivity (Wildman–Crippen MR) is 174 cm³/mol. The van der Waals surface area contributed by atoms with Gasteiger partial charge >= 0.3 is 5.97 Å². The quantitative estimate of drug-likeness (QED) is 0.159. The van der Waals surface area contributed by atoms with Gasteiger partial charge in [0.25, 0.3) is 0 Å². The molecule has 9 heteroatoms. The normalized spacial score (nSPS) is 18.2. The molecule has 1 heterocycles. The van der Waals surface area contributed by atoms with Gasteiger partial charge in [-0.3, -0.25) is 9.69 Å². The summed E-state index contributed by atoms with van der Waals surface area (Å²) in [4.78, 5) is 14.9. The van der Waals surface area contributed by atoms with Crippen LogP contribution in [0.1, 0.15) is 28.7 Å². The van der Waals surface area contributed by atoms with Gasteiger partial charge in [-0.05, 0) is 70.8 Å². The number of hydrogen-bond donors (Lipinski definition) is 1. The standard InChI is InChI=1S/C37H41NO8/c1-41-30-14-6-26(7-15-30)36(40)24-34(35(39)45-5)38(25-36)22-23-46-37(27-8-16-31(42-2)17-9-27,28-10-18-32(43-3)19-11-28)29-12-20-33(44-4)21-13-29/h6-21,34,40H,22-25H2,1-5H3/t34-,36+/m0/s1. The number of esters is 1. The van der Waals surface area contributed by atoms with Gasteiger partial charge in [-0.15, -0.1) is 0 Å². The predicted octanol–water partition coefficient (Wildman–Crippen LogP) is 5.16. The number of nitrogens with zero attached hydrogens (tertiary/aromatic N) is 1. The zero-order chi connectivity index (χ0) is 32.7. The Hall–Kier alpha value is -4.57. The zero-order valence-electron chi connectivity index (χ0n) is 26.9. The van der Waals surface area contributed by atoms with E-state index in [0.29, 0.717) is 17.9 Å². The molecule has 0 unspecified atom stereocenters. The van der Waals surface area contributed by atoms with Crippen LogP contribution in [-0.4, -0.2) is 77.3 Å². The van der Waals surface area contributed by atoms with Crippen LogP contribution >= 0.6 is 0 Å². The van der Waals surface area contributed by atoms with E-state index < -0.39 is 23.2 Å². The average molecular weight is 628 g/mol. The van der Waals surface area contributed by atoms with Gasteiger partial charge in [0, 0.05) is 19.5 Å². The van der Waals surface area contributed by atoms with Crippen LogP contribution in [-0.2, 0) is 25.5 Å². The third-order valence-corrected chi connectivity index (χ3v) is 8.72. The van der Waals surface area contributed by atoms with E-state index in [0.717, 1.165) is 33.9 Å². The fourth-order valence-corrected chi connectivity index (χ4v) is 6.22. The van der Waals surface area contributed by atoms with Gasteiger partial charge in [-0.1, -0.05) is 48.5 Å². The number of likely N-dealkylation sites (tertiary alicyclic amines) is 1. The molecule has 2 atom stereocenters. The van der Waals surface area contributed by atoms with E-state index in [2.05, 4.69) is 0 Å². The van der Waals surface area contributed by atoms with Crippen LogP contribution in [0.2, 0.25) is 0 Å². The molecule has 1 aliphatic heterocycles. The lowest BCUT2D eigenvalue weighted by Gasteiger charge is -2.37. The zero-order valence-corrected chi connectivity index (χ0v) is 26.9. The summed E-state index contributed by atoms with van der Waals surface area (Å²) in [5.41, 5.74) is 1.02. The monoisotopic (exact) mass is 627 g/mol. The lowest BCUT2D eigenvalue weighted by Crippen LogP contribution is -2.41. The summed E-state index contributed by atoms with van der Waals surface area (Å²) in [5.74, 6) is 2.44. The highest BCUT2D eigenvalue weighted by molar-refractivity contribution is 5.76. The van der Waals surface area contributed by atoms with Crippen LogP contribution in [0.4, 0.5) is 0 Å². The molecule has 4 aromatic carbocycles. The van der Waals surface area contributed by atoms with Crippen molar-refractivity contribution in [3.63, 3.8) is 0 Å². The Morgan fingerprint density at radius 1 is 0.696 bits per heavy atom. The number of carbonyl (C=O) groups excluding carboxylic acids is 1. The van der Waals surface area contributed by atoms with E-state index in [9.17, 15) is 9.90 Å². The van der Waals surface area contributed by atoms with Crippen molar-refractivity contribution in [2.45, 2.75) is 23.7 Å². The number of hydrogen-bond acceptors (Lipinski definition) is 9. The fraction of sp³-hybridized carbons (Fsp3) is 0.324.